The second-order valence-electron chi connectivity index (χ2n) is 7.42. The first-order valence-corrected chi connectivity index (χ1v) is 10.7. The van der Waals surface area contributed by atoms with Crippen molar-refractivity contribution in [2.75, 3.05) is 23.3 Å². The van der Waals surface area contributed by atoms with E-state index in [4.69, 9.17) is 16.6 Å². The number of furan rings is 1. The zero-order chi connectivity index (χ0) is 22.6. The highest BCUT2D eigenvalue weighted by molar-refractivity contribution is 7.80. The molecule has 6 nitrogen and oxygen atoms in total. The van der Waals surface area contributed by atoms with Gasteiger partial charge in [0, 0.05) is 24.7 Å². The van der Waals surface area contributed by atoms with Crippen molar-refractivity contribution in [1.29, 1.82) is 0 Å². The van der Waals surface area contributed by atoms with Gasteiger partial charge in [-0.1, -0.05) is 30.3 Å². The first-order valence-electron chi connectivity index (χ1n) is 10.3. The lowest BCUT2D eigenvalue weighted by atomic mass is 10.1. The fourth-order valence-corrected chi connectivity index (χ4v) is 3.63. The first kappa shape index (κ1) is 22.1. The number of benzene rings is 1. The average molecular weight is 462 g/mol. The van der Waals surface area contributed by atoms with Gasteiger partial charge in [-0.3, -0.25) is 0 Å². The summed E-state index contributed by atoms with van der Waals surface area (Å²) >= 11 is 5.23. The van der Waals surface area contributed by atoms with Gasteiger partial charge in [0.2, 0.25) is 5.95 Å². The van der Waals surface area contributed by atoms with Gasteiger partial charge >= 0.3 is 6.18 Å². The summed E-state index contributed by atoms with van der Waals surface area (Å²) < 4.78 is 45.9. The molecule has 1 fully saturated rings. The van der Waals surface area contributed by atoms with E-state index in [-0.39, 0.29) is 23.4 Å². The third kappa shape index (κ3) is 5.56. The van der Waals surface area contributed by atoms with Crippen LogP contribution < -0.4 is 15.5 Å². The van der Waals surface area contributed by atoms with E-state index in [1.165, 1.54) is 0 Å². The van der Waals surface area contributed by atoms with Gasteiger partial charge in [-0.05, 0) is 43.6 Å². The molecule has 2 aromatic heterocycles. The predicted molar refractivity (Wildman–Crippen MR) is 120 cm³/mol. The van der Waals surface area contributed by atoms with Crippen LogP contribution in [0.2, 0.25) is 0 Å². The normalized spacial score (nSPS) is 14.3. The molecule has 1 aliphatic rings. The van der Waals surface area contributed by atoms with Crippen molar-refractivity contribution in [3.8, 4) is 11.3 Å². The highest BCUT2D eigenvalue weighted by Gasteiger charge is 2.34. The van der Waals surface area contributed by atoms with Gasteiger partial charge in [0.15, 0.2) is 10.8 Å². The molecule has 10 heteroatoms. The minimum atomic E-state index is -4.58. The van der Waals surface area contributed by atoms with Gasteiger partial charge in [0.25, 0.3) is 0 Å². The second-order valence-corrected chi connectivity index (χ2v) is 7.83. The van der Waals surface area contributed by atoms with Crippen LogP contribution in [0.3, 0.4) is 0 Å². The molecule has 1 aromatic carbocycles. The van der Waals surface area contributed by atoms with E-state index >= 15 is 0 Å². The van der Waals surface area contributed by atoms with Crippen molar-refractivity contribution in [2.24, 2.45) is 0 Å². The molecule has 0 saturated carbocycles. The molecule has 0 atom stereocenters. The lowest BCUT2D eigenvalue weighted by Gasteiger charge is -2.28. The van der Waals surface area contributed by atoms with Crippen molar-refractivity contribution in [3.63, 3.8) is 0 Å². The molecule has 0 aliphatic carbocycles. The summed E-state index contributed by atoms with van der Waals surface area (Å²) in [6.07, 6.45) is -1.68. The Labute approximate surface area is 188 Å². The lowest BCUT2D eigenvalue weighted by Crippen LogP contribution is -2.32. The van der Waals surface area contributed by atoms with Gasteiger partial charge in [0.1, 0.15) is 17.3 Å². The van der Waals surface area contributed by atoms with Crippen molar-refractivity contribution in [2.45, 2.75) is 32.0 Å². The molecule has 0 amide bonds. The Balaban J connectivity index is 1.42. The van der Waals surface area contributed by atoms with Gasteiger partial charge in [-0.15, -0.1) is 0 Å². The zero-order valence-electron chi connectivity index (χ0n) is 17.2. The Morgan fingerprint density at radius 3 is 2.50 bits per heavy atom. The number of rotatable bonds is 5. The van der Waals surface area contributed by atoms with Crippen LogP contribution in [0.15, 0.2) is 52.9 Å². The SMILES string of the molecule is FC(F)(F)c1cc(N2CCCCC2)nc(NC(=S)NCc2ccc(-c3ccccc3)o2)n1. The van der Waals surface area contributed by atoms with Gasteiger partial charge in [0.05, 0.1) is 6.54 Å². The largest absolute Gasteiger partial charge is 0.459 e. The fourth-order valence-electron chi connectivity index (χ4n) is 3.46. The predicted octanol–water partition coefficient (Wildman–Crippen LogP) is 5.23. The zero-order valence-corrected chi connectivity index (χ0v) is 18.0. The van der Waals surface area contributed by atoms with Crippen molar-refractivity contribution in [1.82, 2.24) is 15.3 Å². The van der Waals surface area contributed by atoms with Crippen molar-refractivity contribution < 1.29 is 17.6 Å². The summed E-state index contributed by atoms with van der Waals surface area (Å²) in [5.41, 5.74) is -0.0565. The third-order valence-corrected chi connectivity index (χ3v) is 5.30. The van der Waals surface area contributed by atoms with Crippen LogP contribution in [0, 0.1) is 0 Å². The third-order valence-electron chi connectivity index (χ3n) is 5.05. The molecule has 0 unspecified atom stereocenters. The summed E-state index contributed by atoms with van der Waals surface area (Å²) in [6.45, 7) is 1.59. The Kier molecular flexibility index (Phi) is 6.59. The minimum Gasteiger partial charge on any atom is -0.459 e. The molecule has 32 heavy (non-hydrogen) atoms. The van der Waals surface area contributed by atoms with E-state index < -0.39 is 11.9 Å². The number of thiocarbonyl (C=S) groups is 1. The van der Waals surface area contributed by atoms with Crippen molar-refractivity contribution >= 4 is 29.1 Å². The topological polar surface area (TPSA) is 66.2 Å². The summed E-state index contributed by atoms with van der Waals surface area (Å²) in [6, 6.07) is 14.3. The Morgan fingerprint density at radius 1 is 1.03 bits per heavy atom. The molecule has 4 rings (SSSR count). The summed E-state index contributed by atoms with van der Waals surface area (Å²) in [5, 5.41) is 5.70. The molecule has 1 aliphatic heterocycles. The molecule has 0 bridgehead atoms. The number of hydrogen-bond acceptors (Lipinski definition) is 5. The quantitative estimate of drug-likeness (QED) is 0.504. The maximum absolute atomic E-state index is 13.4. The molecule has 1 saturated heterocycles. The van der Waals surface area contributed by atoms with Crippen LogP contribution in [0.1, 0.15) is 30.7 Å². The summed E-state index contributed by atoms with van der Waals surface area (Å²) in [4.78, 5) is 9.72. The molecule has 0 spiro atoms. The van der Waals surface area contributed by atoms with Gasteiger partial charge in [-0.25, -0.2) is 4.98 Å². The van der Waals surface area contributed by atoms with Crippen LogP contribution in [0.5, 0.6) is 0 Å². The lowest BCUT2D eigenvalue weighted by molar-refractivity contribution is -0.141. The highest BCUT2D eigenvalue weighted by atomic mass is 32.1. The molecule has 168 valence electrons. The smallest absolute Gasteiger partial charge is 0.433 e. The van der Waals surface area contributed by atoms with Gasteiger partial charge in [-0.2, -0.15) is 18.2 Å². The van der Waals surface area contributed by atoms with E-state index in [1.807, 2.05) is 47.4 Å². The number of aromatic nitrogens is 2. The van der Waals surface area contributed by atoms with E-state index in [2.05, 4.69) is 20.6 Å². The number of halogens is 3. The molecule has 3 aromatic rings. The second kappa shape index (κ2) is 9.56. The standard InChI is InChI=1S/C22H22F3N5OS/c23-22(24,25)18-13-19(30-11-5-2-6-12-30)28-20(27-18)29-21(32)26-14-16-9-10-17(31-16)15-7-3-1-4-8-15/h1,3-4,7-10,13H,2,5-6,11-12,14H2,(H2,26,27,28,29,32). The number of alkyl halides is 3. The van der Waals surface area contributed by atoms with Crippen LogP contribution in [-0.2, 0) is 12.7 Å². The average Bonchev–Trinajstić information content (AvgIpc) is 3.27. The summed E-state index contributed by atoms with van der Waals surface area (Å²) in [5.74, 6) is 1.40. The number of nitrogens with zero attached hydrogens (tertiary/aromatic N) is 3. The fraction of sp³-hybridized carbons (Fsp3) is 0.318. The number of piperidine rings is 1. The Bertz CT molecular complexity index is 1060. The highest BCUT2D eigenvalue weighted by Crippen LogP contribution is 2.31. The minimum absolute atomic E-state index is 0.103. The Hall–Kier alpha value is -3.14. The molecule has 3 heterocycles. The van der Waals surface area contributed by atoms with Crippen molar-refractivity contribution in [3.05, 3.63) is 60.0 Å². The van der Waals surface area contributed by atoms with Crippen LogP contribution in [-0.4, -0.2) is 28.2 Å². The maximum atomic E-state index is 13.4. The molecular weight excluding hydrogens is 439 g/mol. The van der Waals surface area contributed by atoms with Gasteiger partial charge < -0.3 is 20.0 Å². The molecular formula is C22H22F3N5OS. The maximum Gasteiger partial charge on any atom is 0.433 e. The molecule has 2 N–H and O–H groups in total. The monoisotopic (exact) mass is 461 g/mol. The summed E-state index contributed by atoms with van der Waals surface area (Å²) in [7, 11) is 0. The number of anilines is 2. The van der Waals surface area contributed by atoms with E-state index in [0.29, 0.717) is 24.6 Å². The van der Waals surface area contributed by atoms with E-state index in [9.17, 15) is 13.2 Å². The Morgan fingerprint density at radius 2 is 1.78 bits per heavy atom. The number of hydrogen-bond donors (Lipinski definition) is 2. The number of nitrogens with one attached hydrogen (secondary N) is 2. The van der Waals surface area contributed by atoms with Crippen LogP contribution >= 0.6 is 12.2 Å². The van der Waals surface area contributed by atoms with Crippen LogP contribution in [0.25, 0.3) is 11.3 Å². The van der Waals surface area contributed by atoms with E-state index in [1.54, 1.807) is 0 Å². The van der Waals surface area contributed by atoms with E-state index in [0.717, 1.165) is 30.9 Å². The first-order chi connectivity index (χ1) is 15.4. The molecule has 0 radical (unpaired) electrons. The van der Waals surface area contributed by atoms with Crippen LogP contribution in [0.4, 0.5) is 24.9 Å².